The SMILES string of the molecule is CCCCCCOc1c(OCCCC)c2ccc(OC)cc2n(CCCC)c1=O. The molecule has 0 atom stereocenters. The monoisotopic (exact) mass is 403 g/mol. The van der Waals surface area contributed by atoms with Crippen LogP contribution in [-0.2, 0) is 6.54 Å². The molecule has 0 spiro atoms. The molecule has 0 N–H and O–H groups in total. The maximum absolute atomic E-state index is 13.4. The van der Waals surface area contributed by atoms with Gasteiger partial charge in [0.1, 0.15) is 5.75 Å². The van der Waals surface area contributed by atoms with E-state index < -0.39 is 0 Å². The summed E-state index contributed by atoms with van der Waals surface area (Å²) in [5.41, 5.74) is 0.730. The minimum Gasteiger partial charge on any atom is -0.497 e. The summed E-state index contributed by atoms with van der Waals surface area (Å²) in [4.78, 5) is 13.4. The first-order valence-electron chi connectivity index (χ1n) is 11.2. The number of pyridine rings is 1. The minimum absolute atomic E-state index is 0.110. The van der Waals surface area contributed by atoms with Crippen molar-refractivity contribution in [3.8, 4) is 17.2 Å². The molecule has 0 saturated carbocycles. The van der Waals surface area contributed by atoms with E-state index in [-0.39, 0.29) is 5.56 Å². The molecule has 0 fully saturated rings. The Kier molecular flexibility index (Phi) is 9.89. The molecule has 0 amide bonds. The Labute approximate surface area is 175 Å². The molecular weight excluding hydrogens is 366 g/mol. The maximum Gasteiger partial charge on any atom is 0.297 e. The molecule has 0 saturated heterocycles. The van der Waals surface area contributed by atoms with Crippen LogP contribution >= 0.6 is 0 Å². The number of rotatable bonds is 14. The lowest BCUT2D eigenvalue weighted by Crippen LogP contribution is -2.24. The molecule has 0 unspecified atom stereocenters. The second-order valence-electron chi connectivity index (χ2n) is 7.46. The molecule has 5 nitrogen and oxygen atoms in total. The third-order valence-electron chi connectivity index (χ3n) is 5.11. The number of nitrogens with zero attached hydrogens (tertiary/aromatic N) is 1. The zero-order chi connectivity index (χ0) is 21.1. The number of hydrogen-bond acceptors (Lipinski definition) is 4. The topological polar surface area (TPSA) is 49.7 Å². The molecule has 0 aliphatic heterocycles. The Morgan fingerprint density at radius 3 is 2.21 bits per heavy atom. The van der Waals surface area contributed by atoms with Crippen molar-refractivity contribution in [1.82, 2.24) is 4.57 Å². The number of methoxy groups -OCH3 is 1. The Hall–Kier alpha value is -2.17. The van der Waals surface area contributed by atoms with Gasteiger partial charge in [0.05, 0.1) is 25.8 Å². The molecule has 0 aliphatic rings. The lowest BCUT2D eigenvalue weighted by Gasteiger charge is -2.19. The zero-order valence-electron chi connectivity index (χ0n) is 18.6. The van der Waals surface area contributed by atoms with Crippen molar-refractivity contribution >= 4 is 10.9 Å². The normalized spacial score (nSPS) is 11.0. The first-order chi connectivity index (χ1) is 14.2. The van der Waals surface area contributed by atoms with E-state index in [1.807, 2.05) is 22.8 Å². The van der Waals surface area contributed by atoms with Crippen molar-refractivity contribution in [2.45, 2.75) is 78.7 Å². The van der Waals surface area contributed by atoms with E-state index in [0.717, 1.165) is 55.2 Å². The van der Waals surface area contributed by atoms with E-state index in [1.54, 1.807) is 7.11 Å². The average molecular weight is 404 g/mol. The standard InChI is InChI=1S/C24H37NO4/c1-5-8-11-12-17-29-23-22(28-16-10-7-3)20-14-13-19(27-4)18-21(20)25(24(23)26)15-9-6-2/h13-14,18H,5-12,15-17H2,1-4H3. The van der Waals surface area contributed by atoms with Crippen LogP contribution in [-0.4, -0.2) is 24.9 Å². The first-order valence-corrected chi connectivity index (χ1v) is 11.2. The quantitative estimate of drug-likeness (QED) is 0.366. The van der Waals surface area contributed by atoms with Gasteiger partial charge in [0.2, 0.25) is 5.75 Å². The summed E-state index contributed by atoms with van der Waals surface area (Å²) >= 11 is 0. The predicted octanol–water partition coefficient (Wildman–Crippen LogP) is 5.95. The van der Waals surface area contributed by atoms with E-state index in [1.165, 1.54) is 12.8 Å². The molecule has 29 heavy (non-hydrogen) atoms. The number of fused-ring (bicyclic) bond motifs is 1. The molecule has 2 aromatic rings. The minimum atomic E-state index is -0.110. The van der Waals surface area contributed by atoms with Crippen molar-refractivity contribution < 1.29 is 14.2 Å². The third-order valence-corrected chi connectivity index (χ3v) is 5.11. The van der Waals surface area contributed by atoms with E-state index in [4.69, 9.17) is 14.2 Å². The lowest BCUT2D eigenvalue weighted by atomic mass is 10.1. The van der Waals surface area contributed by atoms with Gasteiger partial charge in [-0.25, -0.2) is 0 Å². The number of aromatic nitrogens is 1. The van der Waals surface area contributed by atoms with E-state index in [2.05, 4.69) is 20.8 Å². The summed E-state index contributed by atoms with van der Waals surface area (Å²) in [6.07, 6.45) is 8.32. The van der Waals surface area contributed by atoms with Gasteiger partial charge in [0.15, 0.2) is 5.75 Å². The van der Waals surface area contributed by atoms with E-state index in [0.29, 0.717) is 31.3 Å². The highest BCUT2D eigenvalue weighted by atomic mass is 16.5. The average Bonchev–Trinajstić information content (AvgIpc) is 2.74. The number of benzene rings is 1. The van der Waals surface area contributed by atoms with Crippen molar-refractivity contribution in [3.63, 3.8) is 0 Å². The Bertz CT molecular complexity index is 813. The first kappa shape index (κ1) is 23.1. The van der Waals surface area contributed by atoms with Gasteiger partial charge in [-0.1, -0.05) is 52.9 Å². The number of unbranched alkanes of at least 4 members (excludes halogenated alkanes) is 5. The molecular formula is C24H37NO4. The van der Waals surface area contributed by atoms with E-state index >= 15 is 0 Å². The van der Waals surface area contributed by atoms with Crippen LogP contribution in [0.4, 0.5) is 0 Å². The molecule has 162 valence electrons. The van der Waals surface area contributed by atoms with Crippen molar-refractivity contribution in [2.75, 3.05) is 20.3 Å². The second kappa shape index (κ2) is 12.4. The van der Waals surface area contributed by atoms with Crippen LogP contribution in [0.15, 0.2) is 23.0 Å². The number of ether oxygens (including phenoxy) is 3. The van der Waals surface area contributed by atoms with Crippen molar-refractivity contribution in [1.29, 1.82) is 0 Å². The van der Waals surface area contributed by atoms with Crippen LogP contribution in [0.5, 0.6) is 17.2 Å². The Morgan fingerprint density at radius 1 is 0.828 bits per heavy atom. The van der Waals surface area contributed by atoms with Crippen molar-refractivity contribution in [3.05, 3.63) is 28.6 Å². The highest BCUT2D eigenvalue weighted by molar-refractivity contribution is 5.89. The summed E-state index contributed by atoms with van der Waals surface area (Å²) < 4.78 is 19.4. The van der Waals surface area contributed by atoms with Gasteiger partial charge in [0.25, 0.3) is 5.56 Å². The van der Waals surface area contributed by atoms with Gasteiger partial charge in [-0.3, -0.25) is 4.79 Å². The predicted molar refractivity (Wildman–Crippen MR) is 120 cm³/mol. The Balaban J connectivity index is 2.51. The largest absolute Gasteiger partial charge is 0.497 e. The molecule has 1 aromatic carbocycles. The molecule has 0 radical (unpaired) electrons. The molecule has 5 heteroatoms. The fraction of sp³-hybridized carbons (Fsp3) is 0.625. The highest BCUT2D eigenvalue weighted by Crippen LogP contribution is 2.35. The van der Waals surface area contributed by atoms with Crippen LogP contribution in [0.2, 0.25) is 0 Å². The fourth-order valence-electron chi connectivity index (χ4n) is 3.34. The summed E-state index contributed by atoms with van der Waals surface area (Å²) in [5.74, 6) is 1.66. The van der Waals surface area contributed by atoms with Gasteiger partial charge in [0, 0.05) is 18.0 Å². The van der Waals surface area contributed by atoms with Gasteiger partial charge >= 0.3 is 0 Å². The molecule has 0 aliphatic carbocycles. The molecule has 2 rings (SSSR count). The van der Waals surface area contributed by atoms with Gasteiger partial charge in [-0.15, -0.1) is 0 Å². The van der Waals surface area contributed by atoms with Gasteiger partial charge < -0.3 is 18.8 Å². The second-order valence-corrected chi connectivity index (χ2v) is 7.46. The summed E-state index contributed by atoms with van der Waals surface area (Å²) in [5, 5.41) is 0.904. The summed E-state index contributed by atoms with van der Waals surface area (Å²) in [6, 6.07) is 5.81. The number of hydrogen-bond donors (Lipinski definition) is 0. The van der Waals surface area contributed by atoms with Crippen LogP contribution < -0.4 is 19.8 Å². The highest BCUT2D eigenvalue weighted by Gasteiger charge is 2.20. The van der Waals surface area contributed by atoms with Crippen LogP contribution in [0.3, 0.4) is 0 Å². The lowest BCUT2D eigenvalue weighted by molar-refractivity contribution is 0.258. The fourth-order valence-corrected chi connectivity index (χ4v) is 3.34. The smallest absolute Gasteiger partial charge is 0.297 e. The summed E-state index contributed by atoms with van der Waals surface area (Å²) in [6.45, 7) is 8.20. The van der Waals surface area contributed by atoms with E-state index in [9.17, 15) is 4.79 Å². The number of aryl methyl sites for hydroxylation is 1. The van der Waals surface area contributed by atoms with Crippen molar-refractivity contribution in [2.24, 2.45) is 0 Å². The molecule has 0 bridgehead atoms. The Morgan fingerprint density at radius 2 is 1.52 bits per heavy atom. The van der Waals surface area contributed by atoms with Gasteiger partial charge in [-0.2, -0.15) is 0 Å². The van der Waals surface area contributed by atoms with Crippen LogP contribution in [0, 0.1) is 0 Å². The zero-order valence-corrected chi connectivity index (χ0v) is 18.6. The molecule has 1 heterocycles. The maximum atomic E-state index is 13.4. The van der Waals surface area contributed by atoms with Gasteiger partial charge in [-0.05, 0) is 31.4 Å². The molecule has 1 aromatic heterocycles. The summed E-state index contributed by atoms with van der Waals surface area (Å²) in [7, 11) is 1.64. The van der Waals surface area contributed by atoms with Crippen LogP contribution in [0.25, 0.3) is 10.9 Å². The third kappa shape index (κ3) is 6.15. The van der Waals surface area contributed by atoms with Crippen LogP contribution in [0.1, 0.15) is 72.1 Å².